The number of para-hydroxylation sites is 1. The van der Waals surface area contributed by atoms with Crippen molar-refractivity contribution in [3.8, 4) is 0 Å². The number of rotatable bonds is 1. The molecule has 0 fully saturated rings. The molecule has 2 rings (SSSR count). The fraction of sp³-hybridized carbons (Fsp3) is 0.417. The fourth-order valence-electron chi connectivity index (χ4n) is 1.93. The SMILES string of the molecule is CC(C)C1Nc2c(F)cccc2N(C)C1=O. The number of hydrogen-bond acceptors (Lipinski definition) is 2. The van der Waals surface area contributed by atoms with E-state index in [1.54, 1.807) is 19.2 Å². The number of carbonyl (C=O) groups excluding carboxylic acids is 1. The lowest BCUT2D eigenvalue weighted by molar-refractivity contribution is -0.120. The zero-order chi connectivity index (χ0) is 11.9. The van der Waals surface area contributed by atoms with Crippen molar-refractivity contribution in [3.05, 3.63) is 24.0 Å². The first-order valence-corrected chi connectivity index (χ1v) is 5.35. The van der Waals surface area contributed by atoms with E-state index in [-0.39, 0.29) is 23.7 Å². The highest BCUT2D eigenvalue weighted by Crippen LogP contribution is 2.34. The molecule has 3 nitrogen and oxygen atoms in total. The molecule has 1 aliphatic heterocycles. The van der Waals surface area contributed by atoms with Crippen LogP contribution in [0.4, 0.5) is 15.8 Å². The minimum atomic E-state index is -0.352. The number of hydrogen-bond donors (Lipinski definition) is 1. The highest BCUT2D eigenvalue weighted by molar-refractivity contribution is 6.04. The third-order valence-corrected chi connectivity index (χ3v) is 2.92. The molecule has 1 aromatic carbocycles. The van der Waals surface area contributed by atoms with Gasteiger partial charge in [0.05, 0.1) is 11.4 Å². The summed E-state index contributed by atoms with van der Waals surface area (Å²) in [5, 5.41) is 2.98. The number of nitrogens with zero attached hydrogens (tertiary/aromatic N) is 1. The Morgan fingerprint density at radius 3 is 2.75 bits per heavy atom. The standard InChI is InChI=1S/C12H15FN2O/c1-7(2)10-12(16)15(3)9-6-4-5-8(13)11(9)14-10/h4-7,10,14H,1-3H3. The van der Waals surface area contributed by atoms with Crippen molar-refractivity contribution in [1.82, 2.24) is 0 Å². The molecule has 1 N–H and O–H groups in total. The van der Waals surface area contributed by atoms with Crippen molar-refractivity contribution in [1.29, 1.82) is 0 Å². The van der Waals surface area contributed by atoms with E-state index in [9.17, 15) is 9.18 Å². The summed E-state index contributed by atoms with van der Waals surface area (Å²) in [7, 11) is 1.68. The quantitative estimate of drug-likeness (QED) is 0.790. The molecule has 1 heterocycles. The minimum Gasteiger partial charge on any atom is -0.369 e. The lowest BCUT2D eigenvalue weighted by Crippen LogP contribution is -2.48. The minimum absolute atomic E-state index is 0.0203. The van der Waals surface area contributed by atoms with E-state index in [0.29, 0.717) is 11.4 Å². The van der Waals surface area contributed by atoms with Crippen molar-refractivity contribution in [2.75, 3.05) is 17.3 Å². The van der Waals surface area contributed by atoms with Gasteiger partial charge in [-0.05, 0) is 18.1 Å². The largest absolute Gasteiger partial charge is 0.369 e. The van der Waals surface area contributed by atoms with Gasteiger partial charge in [0, 0.05) is 7.05 Å². The van der Waals surface area contributed by atoms with E-state index in [4.69, 9.17) is 0 Å². The van der Waals surface area contributed by atoms with Gasteiger partial charge in [0.2, 0.25) is 5.91 Å². The Bertz CT molecular complexity index is 431. The Morgan fingerprint density at radius 1 is 1.44 bits per heavy atom. The molecule has 1 unspecified atom stereocenters. The van der Waals surface area contributed by atoms with Crippen LogP contribution in [0.5, 0.6) is 0 Å². The Kier molecular flexibility index (Phi) is 2.58. The number of amides is 1. The Balaban J connectivity index is 2.48. The summed E-state index contributed by atoms with van der Waals surface area (Å²) in [6.45, 7) is 3.88. The van der Waals surface area contributed by atoms with Gasteiger partial charge in [-0.3, -0.25) is 4.79 Å². The highest BCUT2D eigenvalue weighted by Gasteiger charge is 2.33. The number of carbonyl (C=O) groups is 1. The normalized spacial score (nSPS) is 19.7. The maximum absolute atomic E-state index is 13.6. The molecule has 0 saturated carbocycles. The highest BCUT2D eigenvalue weighted by atomic mass is 19.1. The van der Waals surface area contributed by atoms with Crippen LogP contribution < -0.4 is 10.2 Å². The van der Waals surface area contributed by atoms with E-state index in [1.165, 1.54) is 11.0 Å². The van der Waals surface area contributed by atoms with Gasteiger partial charge in [-0.2, -0.15) is 0 Å². The molecule has 0 saturated heterocycles. The molecule has 0 bridgehead atoms. The zero-order valence-corrected chi connectivity index (χ0v) is 9.62. The molecule has 1 atom stereocenters. The van der Waals surface area contributed by atoms with Crippen LogP contribution in [0.15, 0.2) is 18.2 Å². The molecule has 0 spiro atoms. The molecule has 1 aromatic rings. The summed E-state index contributed by atoms with van der Waals surface area (Å²) in [4.78, 5) is 13.5. The average molecular weight is 222 g/mol. The first-order chi connectivity index (χ1) is 7.52. The lowest BCUT2D eigenvalue weighted by atomic mass is 9.99. The van der Waals surface area contributed by atoms with E-state index in [1.807, 2.05) is 13.8 Å². The van der Waals surface area contributed by atoms with Crippen molar-refractivity contribution >= 4 is 17.3 Å². The Labute approximate surface area is 94.3 Å². The van der Waals surface area contributed by atoms with Gasteiger partial charge in [0.25, 0.3) is 0 Å². The zero-order valence-electron chi connectivity index (χ0n) is 9.62. The first-order valence-electron chi connectivity index (χ1n) is 5.35. The van der Waals surface area contributed by atoms with Gasteiger partial charge < -0.3 is 10.2 Å². The Hall–Kier alpha value is -1.58. The smallest absolute Gasteiger partial charge is 0.249 e. The van der Waals surface area contributed by atoms with Crippen LogP contribution in [0.2, 0.25) is 0 Å². The molecule has 0 aromatic heterocycles. The molecule has 86 valence electrons. The Morgan fingerprint density at radius 2 is 2.12 bits per heavy atom. The summed E-state index contributed by atoms with van der Waals surface area (Å²) in [5.41, 5.74) is 1.02. The van der Waals surface area contributed by atoms with E-state index in [2.05, 4.69) is 5.32 Å². The van der Waals surface area contributed by atoms with Gasteiger partial charge in [-0.15, -0.1) is 0 Å². The van der Waals surface area contributed by atoms with Crippen LogP contribution in [0.25, 0.3) is 0 Å². The van der Waals surface area contributed by atoms with Crippen molar-refractivity contribution in [2.24, 2.45) is 5.92 Å². The summed E-state index contributed by atoms with van der Waals surface area (Å²) in [5.74, 6) is -0.210. The molecule has 1 amide bonds. The number of benzene rings is 1. The number of nitrogens with one attached hydrogen (secondary N) is 1. The maximum atomic E-state index is 13.6. The fourth-order valence-corrected chi connectivity index (χ4v) is 1.93. The second kappa shape index (κ2) is 3.77. The molecule has 0 aliphatic carbocycles. The third-order valence-electron chi connectivity index (χ3n) is 2.92. The van der Waals surface area contributed by atoms with E-state index < -0.39 is 0 Å². The molecule has 1 aliphatic rings. The van der Waals surface area contributed by atoms with Gasteiger partial charge in [0.1, 0.15) is 11.9 Å². The second-order valence-electron chi connectivity index (χ2n) is 4.40. The molecule has 4 heteroatoms. The van der Waals surface area contributed by atoms with Gasteiger partial charge in [0.15, 0.2) is 0 Å². The average Bonchev–Trinajstić information content (AvgIpc) is 2.23. The molecular formula is C12H15FN2O. The van der Waals surface area contributed by atoms with Crippen molar-refractivity contribution in [2.45, 2.75) is 19.9 Å². The van der Waals surface area contributed by atoms with Crippen molar-refractivity contribution in [3.63, 3.8) is 0 Å². The summed E-state index contributed by atoms with van der Waals surface area (Å²) in [6, 6.07) is 4.39. The van der Waals surface area contributed by atoms with Crippen molar-refractivity contribution < 1.29 is 9.18 Å². The molecule has 0 radical (unpaired) electrons. The van der Waals surface area contributed by atoms with Crippen LogP contribution in [-0.4, -0.2) is 19.0 Å². The van der Waals surface area contributed by atoms with Crippen LogP contribution in [0, 0.1) is 11.7 Å². The molecule has 16 heavy (non-hydrogen) atoms. The van der Waals surface area contributed by atoms with E-state index in [0.717, 1.165) is 0 Å². The maximum Gasteiger partial charge on any atom is 0.249 e. The first kappa shape index (κ1) is 10.9. The predicted molar refractivity (Wildman–Crippen MR) is 62.1 cm³/mol. The summed E-state index contributed by atoms with van der Waals surface area (Å²) in [6.07, 6.45) is 0. The number of anilines is 2. The van der Waals surface area contributed by atoms with Crippen LogP contribution >= 0.6 is 0 Å². The summed E-state index contributed by atoms with van der Waals surface area (Å²) >= 11 is 0. The third kappa shape index (κ3) is 1.54. The number of halogens is 1. The van der Waals surface area contributed by atoms with Crippen LogP contribution in [0.3, 0.4) is 0 Å². The van der Waals surface area contributed by atoms with Crippen LogP contribution in [0.1, 0.15) is 13.8 Å². The van der Waals surface area contributed by atoms with Gasteiger partial charge in [-0.25, -0.2) is 4.39 Å². The van der Waals surface area contributed by atoms with Crippen LogP contribution in [-0.2, 0) is 4.79 Å². The number of likely N-dealkylation sites (N-methyl/N-ethyl adjacent to an activating group) is 1. The topological polar surface area (TPSA) is 32.3 Å². The summed E-state index contributed by atoms with van der Waals surface area (Å²) < 4.78 is 13.6. The number of fused-ring (bicyclic) bond motifs is 1. The lowest BCUT2D eigenvalue weighted by Gasteiger charge is -2.34. The monoisotopic (exact) mass is 222 g/mol. The van der Waals surface area contributed by atoms with E-state index >= 15 is 0 Å². The molecular weight excluding hydrogens is 207 g/mol. The predicted octanol–water partition coefficient (Wildman–Crippen LogP) is 2.24. The second-order valence-corrected chi connectivity index (χ2v) is 4.40. The van der Waals surface area contributed by atoms with Gasteiger partial charge >= 0.3 is 0 Å². The van der Waals surface area contributed by atoms with Gasteiger partial charge in [-0.1, -0.05) is 19.9 Å².